The predicted molar refractivity (Wildman–Crippen MR) is 120 cm³/mol. The van der Waals surface area contributed by atoms with Crippen LogP contribution in [0.1, 0.15) is 22.3 Å². The Balaban J connectivity index is 1.47. The molecule has 4 aromatic rings. The second kappa shape index (κ2) is 8.64. The highest BCUT2D eigenvalue weighted by Crippen LogP contribution is 2.17. The lowest BCUT2D eigenvalue weighted by Crippen LogP contribution is -2.49. The predicted octanol–water partition coefficient (Wildman–Crippen LogP) is 0.849. The van der Waals surface area contributed by atoms with Crippen LogP contribution in [0.5, 0.6) is 0 Å². The van der Waals surface area contributed by atoms with Crippen molar-refractivity contribution in [3.05, 3.63) is 76.7 Å². The topological polar surface area (TPSA) is 116 Å². The van der Waals surface area contributed by atoms with Crippen molar-refractivity contribution >= 4 is 16.9 Å². The molecule has 10 heteroatoms. The van der Waals surface area contributed by atoms with Crippen molar-refractivity contribution in [1.29, 1.82) is 0 Å². The number of hydrogen-bond acceptors (Lipinski definition) is 6. The van der Waals surface area contributed by atoms with Gasteiger partial charge in [-0.2, -0.15) is 5.10 Å². The number of aromatic nitrogens is 5. The molecule has 0 unspecified atom stereocenters. The number of hydrogen-bond donors (Lipinski definition) is 2. The molecule has 1 aliphatic heterocycles. The molecule has 1 saturated heterocycles. The number of aryl methyl sites for hydroxylation is 1. The Morgan fingerprint density at radius 2 is 2.12 bits per heavy atom. The van der Waals surface area contributed by atoms with Gasteiger partial charge in [-0.3, -0.25) is 9.59 Å². The second-order valence-electron chi connectivity index (χ2n) is 8.16. The van der Waals surface area contributed by atoms with Gasteiger partial charge in [0.05, 0.1) is 42.9 Å². The van der Waals surface area contributed by atoms with Crippen LogP contribution in [-0.2, 0) is 18.3 Å². The monoisotopic (exact) mass is 448 g/mol. The highest BCUT2D eigenvalue weighted by Gasteiger charge is 2.27. The number of benzene rings is 1. The van der Waals surface area contributed by atoms with E-state index in [4.69, 9.17) is 4.74 Å². The Morgan fingerprint density at radius 1 is 1.30 bits per heavy atom. The van der Waals surface area contributed by atoms with Crippen molar-refractivity contribution in [3.8, 4) is 5.69 Å². The molecule has 2 N–H and O–H groups in total. The normalized spacial score (nSPS) is 18.5. The average Bonchev–Trinajstić information content (AvgIpc) is 3.48. The van der Waals surface area contributed by atoms with E-state index in [9.17, 15) is 14.7 Å². The summed E-state index contributed by atoms with van der Waals surface area (Å²) < 4.78 is 10.3. The van der Waals surface area contributed by atoms with Crippen LogP contribution in [0.25, 0.3) is 16.7 Å². The third-order valence-electron chi connectivity index (χ3n) is 5.88. The van der Waals surface area contributed by atoms with Crippen LogP contribution in [0.4, 0.5) is 0 Å². The van der Waals surface area contributed by atoms with Crippen LogP contribution in [0.15, 0.2) is 60.0 Å². The molecule has 1 aliphatic rings. The lowest BCUT2D eigenvalue weighted by atomic mass is 10.1. The van der Waals surface area contributed by atoms with Gasteiger partial charge < -0.3 is 24.3 Å². The second-order valence-corrected chi connectivity index (χ2v) is 8.16. The van der Waals surface area contributed by atoms with E-state index >= 15 is 0 Å². The largest absolute Gasteiger partial charge is 0.391 e. The van der Waals surface area contributed by atoms with E-state index in [2.05, 4.69) is 15.4 Å². The van der Waals surface area contributed by atoms with Gasteiger partial charge in [0.15, 0.2) is 0 Å². The zero-order valence-corrected chi connectivity index (χ0v) is 18.1. The molecule has 0 aliphatic carbocycles. The Labute approximate surface area is 189 Å². The van der Waals surface area contributed by atoms with Crippen molar-refractivity contribution in [2.24, 2.45) is 7.05 Å². The zero-order valence-electron chi connectivity index (χ0n) is 18.1. The number of aliphatic hydroxyl groups is 1. The molecule has 1 fully saturated rings. The number of pyridine rings is 1. The van der Waals surface area contributed by atoms with Crippen molar-refractivity contribution in [2.45, 2.75) is 25.1 Å². The van der Waals surface area contributed by atoms with Crippen molar-refractivity contribution < 1.29 is 14.6 Å². The molecule has 4 heterocycles. The lowest BCUT2D eigenvalue weighted by Gasteiger charge is -2.28. The van der Waals surface area contributed by atoms with E-state index in [-0.39, 0.29) is 24.3 Å². The maximum atomic E-state index is 13.2. The highest BCUT2D eigenvalue weighted by molar-refractivity contribution is 6.04. The van der Waals surface area contributed by atoms with Gasteiger partial charge in [-0.1, -0.05) is 12.1 Å². The fourth-order valence-electron chi connectivity index (χ4n) is 4.06. The first kappa shape index (κ1) is 21.1. The van der Waals surface area contributed by atoms with Crippen LogP contribution < -0.4 is 10.9 Å². The number of aliphatic hydroxyl groups excluding tert-OH is 1. The van der Waals surface area contributed by atoms with E-state index in [0.29, 0.717) is 24.1 Å². The number of imidazole rings is 1. The minimum Gasteiger partial charge on any atom is -0.391 e. The fourth-order valence-corrected chi connectivity index (χ4v) is 4.06. The summed E-state index contributed by atoms with van der Waals surface area (Å²) in [7, 11) is 1.72. The van der Waals surface area contributed by atoms with Crippen LogP contribution in [0, 0.1) is 0 Å². The molecule has 0 radical (unpaired) electrons. The summed E-state index contributed by atoms with van der Waals surface area (Å²) in [6.07, 6.45) is 6.39. The van der Waals surface area contributed by atoms with E-state index < -0.39 is 18.1 Å². The molecule has 2 atom stereocenters. The molecule has 5 rings (SSSR count). The number of rotatable bonds is 5. The molecule has 33 heavy (non-hydrogen) atoms. The summed E-state index contributed by atoms with van der Waals surface area (Å²) in [5.74, 6) is -0.406. The van der Waals surface area contributed by atoms with Gasteiger partial charge in [-0.25, -0.2) is 9.67 Å². The first-order valence-corrected chi connectivity index (χ1v) is 10.7. The van der Waals surface area contributed by atoms with E-state index in [1.807, 2.05) is 36.5 Å². The Bertz CT molecular complexity index is 1340. The third-order valence-corrected chi connectivity index (χ3v) is 5.88. The van der Waals surface area contributed by atoms with Crippen LogP contribution in [-0.4, -0.2) is 60.3 Å². The summed E-state index contributed by atoms with van der Waals surface area (Å²) in [5.41, 5.74) is 2.52. The molecule has 1 aromatic carbocycles. The number of carbonyl (C=O) groups excluding carboxylic acids is 1. The van der Waals surface area contributed by atoms with Crippen LogP contribution >= 0.6 is 0 Å². The first-order valence-electron chi connectivity index (χ1n) is 10.7. The minimum atomic E-state index is -0.680. The standard InChI is InChI=1S/C23H24N6O4/c1-27-14-24-20-17(22(31)26-18-13-33-10-7-19(18)30)12-28(23(32)21(20)27)11-15-3-5-16(6-4-15)29-9-2-8-25-29/h2-6,8-9,12,14,18-19,30H,7,10-11,13H2,1H3,(H,26,31)/t18-,19-/m0/s1. The number of nitrogens with zero attached hydrogens (tertiary/aromatic N) is 5. The molecule has 10 nitrogen and oxygen atoms in total. The molecule has 0 spiro atoms. The summed E-state index contributed by atoms with van der Waals surface area (Å²) in [5, 5.41) is 17.2. The van der Waals surface area contributed by atoms with Gasteiger partial charge in [0.25, 0.3) is 11.5 Å². The average molecular weight is 448 g/mol. The fraction of sp³-hybridized carbons (Fsp3) is 0.304. The maximum Gasteiger partial charge on any atom is 0.277 e. The molecule has 0 saturated carbocycles. The van der Waals surface area contributed by atoms with Crippen molar-refractivity contribution in [1.82, 2.24) is 29.2 Å². The smallest absolute Gasteiger partial charge is 0.277 e. The third kappa shape index (κ3) is 4.06. The first-order chi connectivity index (χ1) is 16.0. The number of amides is 1. The number of ether oxygens (including phenoxy) is 1. The molecular weight excluding hydrogens is 424 g/mol. The molecular formula is C23H24N6O4. The van der Waals surface area contributed by atoms with Gasteiger partial charge >= 0.3 is 0 Å². The van der Waals surface area contributed by atoms with Gasteiger partial charge in [-0.15, -0.1) is 0 Å². The Morgan fingerprint density at radius 3 is 2.85 bits per heavy atom. The summed E-state index contributed by atoms with van der Waals surface area (Å²) in [4.78, 5) is 30.6. The van der Waals surface area contributed by atoms with Crippen LogP contribution in [0.2, 0.25) is 0 Å². The Kier molecular flexibility index (Phi) is 5.53. The highest BCUT2D eigenvalue weighted by atomic mass is 16.5. The van der Waals surface area contributed by atoms with Gasteiger partial charge in [0.2, 0.25) is 0 Å². The van der Waals surface area contributed by atoms with Crippen molar-refractivity contribution in [3.63, 3.8) is 0 Å². The quantitative estimate of drug-likeness (QED) is 0.468. The SMILES string of the molecule is Cn1cnc2c(C(=O)N[C@H]3COCC[C@@H]3O)cn(Cc3ccc(-n4cccn4)cc3)c(=O)c21. The summed E-state index contributed by atoms with van der Waals surface area (Å²) >= 11 is 0. The molecule has 1 amide bonds. The minimum absolute atomic E-state index is 0.237. The summed E-state index contributed by atoms with van der Waals surface area (Å²) in [6, 6.07) is 9.03. The van der Waals surface area contributed by atoms with Gasteiger partial charge in [0, 0.05) is 32.2 Å². The van der Waals surface area contributed by atoms with E-state index in [0.717, 1.165) is 11.3 Å². The van der Waals surface area contributed by atoms with E-state index in [1.165, 1.54) is 17.1 Å². The molecule has 0 bridgehead atoms. The lowest BCUT2D eigenvalue weighted by molar-refractivity contribution is -0.0139. The molecule has 3 aromatic heterocycles. The number of fused-ring (bicyclic) bond motifs is 1. The maximum absolute atomic E-state index is 13.2. The van der Waals surface area contributed by atoms with Crippen molar-refractivity contribution in [2.75, 3.05) is 13.2 Å². The van der Waals surface area contributed by atoms with Gasteiger partial charge in [-0.05, 0) is 30.2 Å². The zero-order chi connectivity index (χ0) is 22.9. The summed E-state index contributed by atoms with van der Waals surface area (Å²) in [6.45, 7) is 0.984. The number of carbonyl (C=O) groups is 1. The van der Waals surface area contributed by atoms with Gasteiger partial charge in [0.1, 0.15) is 11.0 Å². The Hall–Kier alpha value is -3.76. The van der Waals surface area contributed by atoms with E-state index in [1.54, 1.807) is 22.5 Å². The number of nitrogens with one attached hydrogen (secondary N) is 1. The molecule has 170 valence electrons. The van der Waals surface area contributed by atoms with Crippen LogP contribution in [0.3, 0.4) is 0 Å².